The molecule has 0 saturated carbocycles. The zero-order valence-electron chi connectivity index (χ0n) is 19.7. The fourth-order valence-electron chi connectivity index (χ4n) is 4.07. The van der Waals surface area contributed by atoms with Crippen LogP contribution in [-0.4, -0.2) is 74.4 Å². The average Bonchev–Trinajstić information content (AvgIpc) is 2.80. The van der Waals surface area contributed by atoms with Crippen LogP contribution in [0.25, 0.3) is 0 Å². The monoisotopic (exact) mass is 492 g/mol. The van der Waals surface area contributed by atoms with E-state index in [1.54, 1.807) is 18.2 Å². The topological polar surface area (TPSA) is 166 Å². The molecule has 0 radical (unpaired) electrons. The van der Waals surface area contributed by atoms with Gasteiger partial charge in [0.1, 0.15) is 18.3 Å². The van der Waals surface area contributed by atoms with Crippen molar-refractivity contribution in [3.8, 4) is 23.0 Å². The fraction of sp³-hybridized carbons (Fsp3) is 0.480. The molecule has 1 aliphatic rings. The second kappa shape index (κ2) is 11.1. The van der Waals surface area contributed by atoms with Gasteiger partial charge in [-0.25, -0.2) is 4.79 Å². The number of rotatable bonds is 9. The molecule has 10 nitrogen and oxygen atoms in total. The minimum atomic E-state index is -1.83. The van der Waals surface area contributed by atoms with Crippen molar-refractivity contribution < 1.29 is 49.6 Å². The molecular weight excluding hydrogens is 460 g/mol. The standard InChI is InChI=1S/C25H32O10/c1-12(8-14-4-6-18(33-3)16(26)10-14)13(2)9-15-5-7-19(17(27)11-15)34-25-22(30)20(28)21(29)23(35-25)24(31)32/h4-7,10-13,20-23,25-30H,8-9H2,1-3H3,(H,31,32). The summed E-state index contributed by atoms with van der Waals surface area (Å²) in [5.41, 5.74) is 1.81. The Bertz CT molecular complexity index is 1030. The third-order valence-electron chi connectivity index (χ3n) is 6.41. The Balaban J connectivity index is 1.63. The number of phenolic OH excluding ortho intramolecular Hbond substituents is 2. The predicted octanol–water partition coefficient (Wildman–Crippen LogP) is 1.43. The third kappa shape index (κ3) is 6.15. The summed E-state index contributed by atoms with van der Waals surface area (Å²) < 4.78 is 15.6. The Labute approximate surface area is 202 Å². The molecule has 35 heavy (non-hydrogen) atoms. The SMILES string of the molecule is COc1ccc(CC(C)C(C)Cc2ccc(OC3OC(C(=O)O)C(O)C(O)C3O)c(O)c2)cc1O. The predicted molar refractivity (Wildman–Crippen MR) is 123 cm³/mol. The van der Waals surface area contributed by atoms with Crippen LogP contribution in [-0.2, 0) is 22.4 Å². The number of aliphatic carboxylic acids is 1. The first-order valence-corrected chi connectivity index (χ1v) is 11.3. The Morgan fingerprint density at radius 1 is 0.886 bits per heavy atom. The third-order valence-corrected chi connectivity index (χ3v) is 6.41. The number of ether oxygens (including phenoxy) is 3. The van der Waals surface area contributed by atoms with E-state index in [4.69, 9.17) is 19.3 Å². The second-order valence-electron chi connectivity index (χ2n) is 9.02. The maximum atomic E-state index is 11.2. The number of hydrogen-bond donors (Lipinski definition) is 6. The summed E-state index contributed by atoms with van der Waals surface area (Å²) in [5, 5.41) is 59.4. The van der Waals surface area contributed by atoms with Gasteiger partial charge in [-0.1, -0.05) is 26.0 Å². The van der Waals surface area contributed by atoms with Gasteiger partial charge in [0.25, 0.3) is 0 Å². The van der Waals surface area contributed by atoms with Crippen LogP contribution in [0.2, 0.25) is 0 Å². The van der Waals surface area contributed by atoms with E-state index in [0.29, 0.717) is 12.2 Å². The van der Waals surface area contributed by atoms with Crippen LogP contribution in [0.15, 0.2) is 36.4 Å². The van der Waals surface area contributed by atoms with E-state index >= 15 is 0 Å². The first-order chi connectivity index (χ1) is 16.5. The number of carboxylic acids is 1. The van der Waals surface area contributed by atoms with E-state index in [-0.39, 0.29) is 29.1 Å². The van der Waals surface area contributed by atoms with Crippen LogP contribution in [0.4, 0.5) is 0 Å². The van der Waals surface area contributed by atoms with E-state index in [0.717, 1.165) is 17.5 Å². The van der Waals surface area contributed by atoms with E-state index in [9.17, 15) is 30.3 Å². The highest BCUT2D eigenvalue weighted by Crippen LogP contribution is 2.33. The first kappa shape index (κ1) is 26.6. The molecule has 1 saturated heterocycles. The van der Waals surface area contributed by atoms with Crippen molar-refractivity contribution in [3.63, 3.8) is 0 Å². The van der Waals surface area contributed by atoms with Gasteiger partial charge >= 0.3 is 5.97 Å². The molecule has 1 heterocycles. The van der Waals surface area contributed by atoms with E-state index in [1.807, 2.05) is 6.07 Å². The molecule has 0 spiro atoms. The van der Waals surface area contributed by atoms with Crippen molar-refractivity contribution in [3.05, 3.63) is 47.5 Å². The smallest absolute Gasteiger partial charge is 0.335 e. The van der Waals surface area contributed by atoms with Gasteiger partial charge in [-0.05, 0) is 60.1 Å². The maximum Gasteiger partial charge on any atom is 0.335 e. The molecule has 0 aromatic heterocycles. The molecule has 0 bridgehead atoms. The first-order valence-electron chi connectivity index (χ1n) is 11.3. The lowest BCUT2D eigenvalue weighted by molar-refractivity contribution is -0.271. The Morgan fingerprint density at radius 2 is 1.40 bits per heavy atom. The quantitative estimate of drug-likeness (QED) is 0.301. The fourth-order valence-corrected chi connectivity index (χ4v) is 4.07. The van der Waals surface area contributed by atoms with Crippen LogP contribution in [0.5, 0.6) is 23.0 Å². The molecule has 1 fully saturated rings. The van der Waals surface area contributed by atoms with Crippen molar-refractivity contribution in [2.24, 2.45) is 11.8 Å². The van der Waals surface area contributed by atoms with Crippen LogP contribution in [0, 0.1) is 11.8 Å². The van der Waals surface area contributed by atoms with Gasteiger partial charge in [-0.3, -0.25) is 0 Å². The second-order valence-corrected chi connectivity index (χ2v) is 9.02. The molecule has 3 rings (SSSR count). The van der Waals surface area contributed by atoms with E-state index in [2.05, 4.69) is 13.8 Å². The minimum Gasteiger partial charge on any atom is -0.504 e. The lowest BCUT2D eigenvalue weighted by Gasteiger charge is -2.38. The van der Waals surface area contributed by atoms with Crippen molar-refractivity contribution in [1.82, 2.24) is 0 Å². The van der Waals surface area contributed by atoms with Gasteiger partial charge in [0, 0.05) is 0 Å². The molecule has 0 amide bonds. The number of aromatic hydroxyl groups is 2. The molecule has 2 aromatic rings. The highest BCUT2D eigenvalue weighted by molar-refractivity contribution is 5.73. The van der Waals surface area contributed by atoms with Crippen molar-refractivity contribution in [1.29, 1.82) is 0 Å². The number of methoxy groups -OCH3 is 1. The summed E-state index contributed by atoms with van der Waals surface area (Å²) in [7, 11) is 1.50. The summed E-state index contributed by atoms with van der Waals surface area (Å²) >= 11 is 0. The molecular formula is C25H32O10. The summed E-state index contributed by atoms with van der Waals surface area (Å²) in [5.74, 6) is -0.846. The number of phenols is 2. The minimum absolute atomic E-state index is 0.0695. The van der Waals surface area contributed by atoms with Crippen molar-refractivity contribution >= 4 is 5.97 Å². The van der Waals surface area contributed by atoms with Crippen LogP contribution in [0.1, 0.15) is 25.0 Å². The number of carboxylic acid groups (broad SMARTS) is 1. The zero-order chi connectivity index (χ0) is 25.9. The molecule has 2 aromatic carbocycles. The van der Waals surface area contributed by atoms with Gasteiger partial charge in [-0.2, -0.15) is 0 Å². The van der Waals surface area contributed by atoms with E-state index in [1.165, 1.54) is 19.2 Å². The van der Waals surface area contributed by atoms with Gasteiger partial charge in [0.05, 0.1) is 7.11 Å². The van der Waals surface area contributed by atoms with Gasteiger partial charge in [-0.15, -0.1) is 0 Å². The van der Waals surface area contributed by atoms with E-state index < -0.39 is 36.7 Å². The molecule has 1 aliphatic heterocycles. The lowest BCUT2D eigenvalue weighted by Crippen LogP contribution is -2.61. The summed E-state index contributed by atoms with van der Waals surface area (Å²) in [6, 6.07) is 10.0. The summed E-state index contributed by atoms with van der Waals surface area (Å²) in [6.07, 6.45) is -7.37. The Hall–Kier alpha value is -3.05. The number of carbonyl (C=O) groups is 1. The molecule has 6 N–H and O–H groups in total. The summed E-state index contributed by atoms with van der Waals surface area (Å²) in [6.45, 7) is 4.18. The number of hydrogen-bond acceptors (Lipinski definition) is 9. The molecule has 192 valence electrons. The molecule has 0 aliphatic carbocycles. The number of aliphatic hydroxyl groups is 3. The normalized spacial score (nSPS) is 26.1. The number of aliphatic hydroxyl groups excluding tert-OH is 3. The van der Waals surface area contributed by atoms with Crippen molar-refractivity contribution in [2.45, 2.75) is 57.4 Å². The van der Waals surface area contributed by atoms with Crippen molar-refractivity contribution in [2.75, 3.05) is 7.11 Å². The van der Waals surface area contributed by atoms with Crippen LogP contribution >= 0.6 is 0 Å². The van der Waals surface area contributed by atoms with Gasteiger partial charge < -0.3 is 44.8 Å². The van der Waals surface area contributed by atoms with Gasteiger partial charge in [0.15, 0.2) is 29.1 Å². The Kier molecular flexibility index (Phi) is 8.44. The van der Waals surface area contributed by atoms with Crippen LogP contribution in [0.3, 0.4) is 0 Å². The molecule has 7 atom stereocenters. The molecule has 10 heteroatoms. The average molecular weight is 493 g/mol. The van der Waals surface area contributed by atoms with Crippen LogP contribution < -0.4 is 9.47 Å². The van der Waals surface area contributed by atoms with Gasteiger partial charge in [0.2, 0.25) is 6.29 Å². The summed E-state index contributed by atoms with van der Waals surface area (Å²) in [4.78, 5) is 11.2. The zero-order valence-corrected chi connectivity index (χ0v) is 19.7. The lowest BCUT2D eigenvalue weighted by atomic mass is 9.85. The highest BCUT2D eigenvalue weighted by atomic mass is 16.7. The number of benzene rings is 2. The molecule has 7 unspecified atom stereocenters. The Morgan fingerprint density at radius 3 is 1.86 bits per heavy atom. The largest absolute Gasteiger partial charge is 0.504 e. The maximum absolute atomic E-state index is 11.2. The highest BCUT2D eigenvalue weighted by Gasteiger charge is 2.48.